The highest BCUT2D eigenvalue weighted by atomic mass is 35.5. The van der Waals surface area contributed by atoms with Crippen LogP contribution in [0.4, 0.5) is 17.5 Å². The summed E-state index contributed by atoms with van der Waals surface area (Å²) in [6.45, 7) is 4.51. The highest BCUT2D eigenvalue weighted by molar-refractivity contribution is 6.42. The second-order valence-electron chi connectivity index (χ2n) is 6.65. The van der Waals surface area contributed by atoms with Crippen LogP contribution in [-0.2, 0) is 6.54 Å². The molecule has 1 aromatic heterocycles. The van der Waals surface area contributed by atoms with Crippen LogP contribution < -0.4 is 16.4 Å². The Bertz CT molecular complexity index is 985. The van der Waals surface area contributed by atoms with Crippen molar-refractivity contribution in [2.24, 2.45) is 0 Å². The Hall–Kier alpha value is -2.28. The lowest BCUT2D eigenvalue weighted by molar-refractivity contribution is 0.250. The fourth-order valence-electron chi connectivity index (χ4n) is 3.52. The van der Waals surface area contributed by atoms with Crippen molar-refractivity contribution in [2.75, 3.05) is 42.5 Å². The Morgan fingerprint density at radius 3 is 2.44 bits per heavy atom. The molecule has 1 aliphatic heterocycles. The van der Waals surface area contributed by atoms with Gasteiger partial charge >= 0.3 is 0 Å². The molecule has 4 rings (SSSR count). The Morgan fingerprint density at radius 2 is 1.70 bits per heavy atom. The molecular formula is C19H20Cl2N6. The zero-order chi connectivity index (χ0) is 19.0. The summed E-state index contributed by atoms with van der Waals surface area (Å²) in [5.74, 6) is 0.620. The first-order chi connectivity index (χ1) is 13.0. The van der Waals surface area contributed by atoms with Crippen molar-refractivity contribution in [3.05, 3.63) is 52.0 Å². The standard InChI is InChI=1S/C19H20Cl2N6/c20-13-5-4-12(10-14(13)21)11-26-6-8-27(9-7-26)16-3-1-2-15-17(16)18(22)25-19(23)24-15/h1-5,10H,6-9,11H2,(H4,22,23,24,25). The molecule has 8 heteroatoms. The third kappa shape index (κ3) is 3.74. The van der Waals surface area contributed by atoms with E-state index in [-0.39, 0.29) is 5.95 Å². The molecule has 0 bridgehead atoms. The lowest BCUT2D eigenvalue weighted by atomic mass is 10.1. The molecule has 0 spiro atoms. The zero-order valence-corrected chi connectivity index (χ0v) is 16.2. The first-order valence-corrected chi connectivity index (χ1v) is 9.50. The van der Waals surface area contributed by atoms with Crippen LogP contribution in [0.3, 0.4) is 0 Å². The van der Waals surface area contributed by atoms with Crippen LogP contribution in [-0.4, -0.2) is 41.0 Å². The fourth-order valence-corrected chi connectivity index (χ4v) is 3.84. The summed E-state index contributed by atoms with van der Waals surface area (Å²) in [6.07, 6.45) is 0. The van der Waals surface area contributed by atoms with Crippen molar-refractivity contribution in [1.82, 2.24) is 14.9 Å². The average molecular weight is 403 g/mol. The topological polar surface area (TPSA) is 84.3 Å². The van der Waals surface area contributed by atoms with Gasteiger partial charge in [-0.25, -0.2) is 4.98 Å². The molecular weight excluding hydrogens is 383 g/mol. The molecule has 2 aromatic carbocycles. The maximum Gasteiger partial charge on any atom is 0.222 e. The molecule has 0 saturated carbocycles. The van der Waals surface area contributed by atoms with Crippen molar-refractivity contribution in [3.8, 4) is 0 Å². The second-order valence-corrected chi connectivity index (χ2v) is 7.46. The van der Waals surface area contributed by atoms with E-state index in [9.17, 15) is 0 Å². The molecule has 1 fully saturated rings. The van der Waals surface area contributed by atoms with E-state index in [1.165, 1.54) is 0 Å². The number of piperazine rings is 1. The molecule has 6 nitrogen and oxygen atoms in total. The normalized spacial score (nSPS) is 15.4. The minimum absolute atomic E-state index is 0.198. The van der Waals surface area contributed by atoms with Crippen LogP contribution in [0.2, 0.25) is 10.0 Å². The van der Waals surface area contributed by atoms with Crippen molar-refractivity contribution in [3.63, 3.8) is 0 Å². The zero-order valence-electron chi connectivity index (χ0n) is 14.7. The SMILES string of the molecule is Nc1nc(N)c2c(N3CCN(Cc4ccc(Cl)c(Cl)c4)CC3)cccc2n1. The summed E-state index contributed by atoms with van der Waals surface area (Å²) in [5, 5.41) is 2.05. The third-order valence-corrected chi connectivity index (χ3v) is 5.59. The van der Waals surface area contributed by atoms with E-state index in [1.807, 2.05) is 30.3 Å². The number of hydrogen-bond acceptors (Lipinski definition) is 6. The molecule has 0 aliphatic carbocycles. The predicted molar refractivity (Wildman–Crippen MR) is 112 cm³/mol. The van der Waals surface area contributed by atoms with Gasteiger partial charge in [0.1, 0.15) is 5.82 Å². The fraction of sp³-hybridized carbons (Fsp3) is 0.263. The summed E-state index contributed by atoms with van der Waals surface area (Å²) >= 11 is 12.1. The lowest BCUT2D eigenvalue weighted by Gasteiger charge is -2.36. The molecule has 2 heterocycles. The largest absolute Gasteiger partial charge is 0.383 e. The van der Waals surface area contributed by atoms with Crippen molar-refractivity contribution in [2.45, 2.75) is 6.54 Å². The summed E-state index contributed by atoms with van der Waals surface area (Å²) in [5.41, 5.74) is 14.8. The molecule has 4 N–H and O–H groups in total. The Labute approximate surface area is 167 Å². The number of fused-ring (bicyclic) bond motifs is 1. The first kappa shape index (κ1) is 18.1. The van der Waals surface area contributed by atoms with E-state index in [0.29, 0.717) is 15.9 Å². The molecule has 1 aliphatic rings. The molecule has 1 saturated heterocycles. The molecule has 0 atom stereocenters. The van der Waals surface area contributed by atoms with E-state index < -0.39 is 0 Å². The number of nitrogen functional groups attached to an aromatic ring is 2. The van der Waals surface area contributed by atoms with Gasteiger partial charge in [0, 0.05) is 38.4 Å². The molecule has 0 radical (unpaired) electrons. The Kier molecular flexibility index (Phi) is 4.95. The van der Waals surface area contributed by atoms with Crippen molar-refractivity contribution in [1.29, 1.82) is 0 Å². The maximum atomic E-state index is 6.13. The van der Waals surface area contributed by atoms with E-state index in [2.05, 4.69) is 25.8 Å². The van der Waals surface area contributed by atoms with Gasteiger partial charge in [-0.1, -0.05) is 35.3 Å². The van der Waals surface area contributed by atoms with Gasteiger partial charge in [0.15, 0.2) is 0 Å². The molecule has 27 heavy (non-hydrogen) atoms. The molecule has 3 aromatic rings. The van der Waals surface area contributed by atoms with E-state index in [0.717, 1.165) is 54.9 Å². The van der Waals surface area contributed by atoms with Crippen LogP contribution in [0.25, 0.3) is 10.9 Å². The van der Waals surface area contributed by atoms with Gasteiger partial charge in [-0.05, 0) is 29.8 Å². The molecule has 0 amide bonds. The van der Waals surface area contributed by atoms with Gasteiger partial charge in [0.05, 0.1) is 20.9 Å². The number of aromatic nitrogens is 2. The minimum Gasteiger partial charge on any atom is -0.383 e. The van der Waals surface area contributed by atoms with Crippen molar-refractivity contribution < 1.29 is 0 Å². The summed E-state index contributed by atoms with van der Waals surface area (Å²) in [6, 6.07) is 11.8. The monoisotopic (exact) mass is 402 g/mol. The van der Waals surface area contributed by atoms with Gasteiger partial charge in [-0.15, -0.1) is 0 Å². The van der Waals surface area contributed by atoms with Crippen molar-refractivity contribution >= 4 is 51.6 Å². The summed E-state index contributed by atoms with van der Waals surface area (Å²) < 4.78 is 0. The molecule has 0 unspecified atom stereocenters. The van der Waals surface area contributed by atoms with Gasteiger partial charge in [0.2, 0.25) is 5.95 Å². The van der Waals surface area contributed by atoms with Crippen LogP contribution in [0.1, 0.15) is 5.56 Å². The lowest BCUT2D eigenvalue weighted by Crippen LogP contribution is -2.46. The van der Waals surface area contributed by atoms with Crippen LogP contribution >= 0.6 is 23.2 Å². The number of nitrogens with two attached hydrogens (primary N) is 2. The second kappa shape index (κ2) is 7.38. The average Bonchev–Trinajstić information content (AvgIpc) is 2.65. The van der Waals surface area contributed by atoms with Gasteiger partial charge < -0.3 is 16.4 Å². The van der Waals surface area contributed by atoms with E-state index >= 15 is 0 Å². The third-order valence-electron chi connectivity index (χ3n) is 4.85. The van der Waals surface area contributed by atoms with Crippen LogP contribution in [0, 0.1) is 0 Å². The van der Waals surface area contributed by atoms with Gasteiger partial charge in [-0.2, -0.15) is 4.98 Å². The van der Waals surface area contributed by atoms with Gasteiger partial charge in [-0.3, -0.25) is 4.90 Å². The molecule has 140 valence electrons. The first-order valence-electron chi connectivity index (χ1n) is 8.74. The number of halogens is 2. The highest BCUT2D eigenvalue weighted by Gasteiger charge is 2.20. The maximum absolute atomic E-state index is 6.13. The van der Waals surface area contributed by atoms with Gasteiger partial charge in [0.25, 0.3) is 0 Å². The number of nitrogens with zero attached hydrogens (tertiary/aromatic N) is 4. The Balaban J connectivity index is 1.49. The predicted octanol–water partition coefficient (Wildman–Crippen LogP) is 3.42. The minimum atomic E-state index is 0.198. The summed E-state index contributed by atoms with van der Waals surface area (Å²) in [7, 11) is 0. The summed E-state index contributed by atoms with van der Waals surface area (Å²) in [4.78, 5) is 13.2. The highest BCUT2D eigenvalue weighted by Crippen LogP contribution is 2.31. The number of rotatable bonds is 3. The quantitative estimate of drug-likeness (QED) is 0.697. The van der Waals surface area contributed by atoms with Crippen LogP contribution in [0.15, 0.2) is 36.4 Å². The smallest absolute Gasteiger partial charge is 0.222 e. The number of hydrogen-bond donors (Lipinski definition) is 2. The Morgan fingerprint density at radius 1 is 0.926 bits per heavy atom. The number of benzene rings is 2. The van der Waals surface area contributed by atoms with Crippen LogP contribution in [0.5, 0.6) is 0 Å². The van der Waals surface area contributed by atoms with E-state index in [1.54, 1.807) is 0 Å². The van der Waals surface area contributed by atoms with E-state index in [4.69, 9.17) is 34.7 Å². The number of anilines is 3.